The van der Waals surface area contributed by atoms with E-state index in [9.17, 15) is 0 Å². The van der Waals surface area contributed by atoms with E-state index in [0.717, 1.165) is 5.69 Å². The van der Waals surface area contributed by atoms with Gasteiger partial charge in [-0.05, 0) is 12.1 Å². The largest absolute Gasteiger partial charge is 0.399 e. The molecule has 58 valence electrons. The molecule has 0 fully saturated rings. The maximum atomic E-state index is 5.36. The van der Waals surface area contributed by atoms with Crippen molar-refractivity contribution >= 4 is 22.0 Å². The van der Waals surface area contributed by atoms with Crippen LogP contribution in [-0.4, -0.2) is 16.3 Å². The molecule has 11 heavy (non-hydrogen) atoms. The maximum Gasteiger partial charge on any atom is 0.217 e. The van der Waals surface area contributed by atoms with Gasteiger partial charge >= 0.3 is 0 Å². The SMILES string of the molecule is C=C[CH2][AlH2].Nc1ccccc1. The lowest BCUT2D eigenvalue weighted by Gasteiger charge is -1.83. The van der Waals surface area contributed by atoms with Crippen molar-refractivity contribution in [3.05, 3.63) is 43.0 Å². The molecule has 0 aliphatic rings. The summed E-state index contributed by atoms with van der Waals surface area (Å²) in [6.07, 6.45) is 1.94. The van der Waals surface area contributed by atoms with Crippen molar-refractivity contribution in [1.82, 2.24) is 0 Å². The highest BCUT2D eigenvalue weighted by Crippen LogP contribution is 1.95. The Labute approximate surface area is 76.3 Å². The Balaban J connectivity index is 0.000000218. The zero-order valence-electron chi connectivity index (χ0n) is 6.96. The zero-order valence-corrected chi connectivity index (χ0v) is 8.96. The molecule has 1 rings (SSSR count). The quantitative estimate of drug-likeness (QED) is 0.379. The molecule has 0 bridgehead atoms. The standard InChI is InChI=1S/C6H7N.C3H5.Al.2H/c7-6-4-2-1-3-5-6;1-3-2;;;/h1-5H,7H2;3H,1-2H2;;;. The fourth-order valence-corrected chi connectivity index (χ4v) is 0.453. The first kappa shape index (κ1) is 10.3. The molecule has 1 nitrogen and oxygen atoms in total. The first-order valence-corrected chi connectivity index (χ1v) is 5.14. The van der Waals surface area contributed by atoms with E-state index in [-0.39, 0.29) is 0 Å². The summed E-state index contributed by atoms with van der Waals surface area (Å²) in [5.41, 5.74) is 6.18. The van der Waals surface area contributed by atoms with E-state index in [2.05, 4.69) is 6.58 Å². The first-order valence-electron chi connectivity index (χ1n) is 3.72. The Morgan fingerprint density at radius 1 is 1.36 bits per heavy atom. The molecule has 0 atom stereocenters. The highest BCUT2D eigenvalue weighted by molar-refractivity contribution is 6.09. The molecule has 0 unspecified atom stereocenters. The molecule has 2 heteroatoms. The summed E-state index contributed by atoms with van der Waals surface area (Å²) in [5.74, 6) is 0. The molecule has 0 saturated heterocycles. The van der Waals surface area contributed by atoms with E-state index >= 15 is 0 Å². The van der Waals surface area contributed by atoms with Gasteiger partial charge in [0.05, 0.1) is 0 Å². The van der Waals surface area contributed by atoms with Gasteiger partial charge < -0.3 is 5.73 Å². The number of nitrogen functional groups attached to an aromatic ring is 1. The molecule has 0 heterocycles. The number of para-hydroxylation sites is 1. The number of hydrogen-bond acceptors (Lipinski definition) is 1. The summed E-state index contributed by atoms with van der Waals surface area (Å²) in [5, 5.41) is 1.22. The van der Waals surface area contributed by atoms with Crippen LogP contribution in [-0.2, 0) is 0 Å². The minimum atomic E-state index is 0.822. The summed E-state index contributed by atoms with van der Waals surface area (Å²) < 4.78 is 0. The van der Waals surface area contributed by atoms with E-state index in [1.807, 2.05) is 36.4 Å². The minimum absolute atomic E-state index is 0.822. The van der Waals surface area contributed by atoms with Crippen molar-refractivity contribution in [1.29, 1.82) is 0 Å². The summed E-state index contributed by atoms with van der Waals surface area (Å²) >= 11 is 1.27. The molecular weight excluding hydrogens is 149 g/mol. The molecule has 0 aliphatic carbocycles. The molecule has 2 N–H and O–H groups in total. The lowest BCUT2D eigenvalue weighted by atomic mass is 10.3. The third-order valence-electron chi connectivity index (χ3n) is 1.09. The summed E-state index contributed by atoms with van der Waals surface area (Å²) in [4.78, 5) is 0. The summed E-state index contributed by atoms with van der Waals surface area (Å²) in [6.45, 7) is 3.51. The smallest absolute Gasteiger partial charge is 0.217 e. The van der Waals surface area contributed by atoms with Crippen LogP contribution in [0.1, 0.15) is 0 Å². The number of benzene rings is 1. The van der Waals surface area contributed by atoms with Gasteiger partial charge in [0.15, 0.2) is 0 Å². The van der Waals surface area contributed by atoms with E-state index in [1.165, 1.54) is 21.6 Å². The Hall–Kier alpha value is -0.708. The normalized spacial score (nSPS) is 7.64. The monoisotopic (exact) mass is 163 g/mol. The number of nitrogens with two attached hydrogens (primary N) is 1. The molecular formula is C9H14AlN. The average molecular weight is 163 g/mol. The topological polar surface area (TPSA) is 26.0 Å². The third-order valence-corrected chi connectivity index (χ3v) is 1.67. The lowest BCUT2D eigenvalue weighted by Crippen LogP contribution is -1.79. The van der Waals surface area contributed by atoms with Crippen LogP contribution in [0.5, 0.6) is 0 Å². The van der Waals surface area contributed by atoms with E-state index < -0.39 is 0 Å². The van der Waals surface area contributed by atoms with Gasteiger partial charge in [-0.15, -0.1) is 12.7 Å². The van der Waals surface area contributed by atoms with Gasteiger partial charge in [0.2, 0.25) is 16.3 Å². The Morgan fingerprint density at radius 2 is 1.82 bits per heavy atom. The molecule has 0 radical (unpaired) electrons. The van der Waals surface area contributed by atoms with Crippen LogP contribution in [0, 0.1) is 0 Å². The second-order valence-electron chi connectivity index (χ2n) is 2.11. The molecule has 0 aliphatic heterocycles. The molecule has 0 aromatic heterocycles. The van der Waals surface area contributed by atoms with Crippen molar-refractivity contribution in [3.8, 4) is 0 Å². The Morgan fingerprint density at radius 3 is 2.00 bits per heavy atom. The number of anilines is 1. The summed E-state index contributed by atoms with van der Waals surface area (Å²) in [6, 6.07) is 9.49. The lowest BCUT2D eigenvalue weighted by molar-refractivity contribution is 1.69. The molecule has 0 spiro atoms. The van der Waals surface area contributed by atoms with Crippen LogP contribution in [0.2, 0.25) is 5.28 Å². The molecule has 1 aromatic rings. The van der Waals surface area contributed by atoms with Crippen LogP contribution >= 0.6 is 0 Å². The van der Waals surface area contributed by atoms with Crippen LogP contribution in [0.4, 0.5) is 5.69 Å². The van der Waals surface area contributed by atoms with E-state index in [1.54, 1.807) is 0 Å². The predicted octanol–water partition coefficient (Wildman–Crippen LogP) is 1.49. The first-order chi connectivity index (χ1) is 5.31. The second kappa shape index (κ2) is 7.40. The minimum Gasteiger partial charge on any atom is -0.399 e. The van der Waals surface area contributed by atoms with Crippen LogP contribution in [0.3, 0.4) is 0 Å². The van der Waals surface area contributed by atoms with Crippen molar-refractivity contribution in [2.75, 3.05) is 5.73 Å². The maximum absolute atomic E-state index is 5.36. The third kappa shape index (κ3) is 7.19. The molecule has 1 aromatic carbocycles. The van der Waals surface area contributed by atoms with Crippen LogP contribution in [0.15, 0.2) is 43.0 Å². The van der Waals surface area contributed by atoms with E-state index in [0.29, 0.717) is 0 Å². The van der Waals surface area contributed by atoms with Gasteiger partial charge in [0.1, 0.15) is 0 Å². The van der Waals surface area contributed by atoms with Gasteiger partial charge in [-0.25, -0.2) is 0 Å². The van der Waals surface area contributed by atoms with Crippen molar-refractivity contribution in [2.45, 2.75) is 5.28 Å². The highest BCUT2D eigenvalue weighted by atomic mass is 27.0. The van der Waals surface area contributed by atoms with E-state index in [4.69, 9.17) is 5.73 Å². The van der Waals surface area contributed by atoms with Crippen molar-refractivity contribution in [2.24, 2.45) is 0 Å². The number of hydrogen-bond donors (Lipinski definition) is 1. The average Bonchev–Trinajstić information content (AvgIpc) is 2.07. The van der Waals surface area contributed by atoms with Crippen LogP contribution in [0.25, 0.3) is 0 Å². The van der Waals surface area contributed by atoms with Gasteiger partial charge in [-0.1, -0.05) is 23.5 Å². The molecule has 0 amide bonds. The Bertz CT molecular complexity index is 184. The summed E-state index contributed by atoms with van der Waals surface area (Å²) in [7, 11) is 0. The zero-order chi connectivity index (χ0) is 8.53. The second-order valence-corrected chi connectivity index (χ2v) is 2.92. The van der Waals surface area contributed by atoms with Crippen LogP contribution < -0.4 is 5.73 Å². The highest BCUT2D eigenvalue weighted by Gasteiger charge is 1.72. The van der Waals surface area contributed by atoms with Gasteiger partial charge in [0, 0.05) is 5.69 Å². The number of allylic oxidation sites excluding steroid dienone is 1. The van der Waals surface area contributed by atoms with Crippen molar-refractivity contribution in [3.63, 3.8) is 0 Å². The molecule has 0 saturated carbocycles. The van der Waals surface area contributed by atoms with Gasteiger partial charge in [-0.2, -0.15) is 0 Å². The Kier molecular flexibility index (Phi) is 6.92. The fraction of sp³-hybridized carbons (Fsp3) is 0.111. The van der Waals surface area contributed by atoms with Gasteiger partial charge in [-0.3, -0.25) is 0 Å². The fourth-order valence-electron chi connectivity index (χ4n) is 0.453. The number of rotatable bonds is 1. The van der Waals surface area contributed by atoms with Crippen molar-refractivity contribution < 1.29 is 0 Å². The van der Waals surface area contributed by atoms with Gasteiger partial charge in [0.25, 0.3) is 0 Å². The predicted molar refractivity (Wildman–Crippen MR) is 54.4 cm³/mol.